The van der Waals surface area contributed by atoms with E-state index in [0.29, 0.717) is 136 Å². The number of benzene rings is 10. The van der Waals surface area contributed by atoms with Crippen molar-refractivity contribution in [3.05, 3.63) is 134 Å². The topological polar surface area (TPSA) is 197 Å². The smallest absolute Gasteiger partial charge is 0.261 e. The largest absolute Gasteiger partial charge is 0.490 e. The number of hydrogen-bond acceptors (Lipinski definition) is 12. The van der Waals surface area contributed by atoms with E-state index < -0.39 is 0 Å². The average molecular weight is 1290 g/mol. The zero-order valence-corrected chi connectivity index (χ0v) is 54.6. The van der Waals surface area contributed by atoms with Crippen molar-refractivity contribution in [2.45, 2.75) is 131 Å². The minimum atomic E-state index is -0.324. The normalized spacial score (nSPS) is 14.8. The van der Waals surface area contributed by atoms with Gasteiger partial charge >= 0.3 is 0 Å². The molecule has 0 radical (unpaired) electrons. The fourth-order valence-corrected chi connectivity index (χ4v) is 15.7. The molecule has 0 aliphatic carbocycles. The average Bonchev–Trinajstić information content (AvgIpc) is 0.696. The zero-order chi connectivity index (χ0) is 64.8. The zero-order valence-electron chi connectivity index (χ0n) is 53.0. The monoisotopic (exact) mass is 1290 g/mol. The minimum Gasteiger partial charge on any atom is -0.490 e. The van der Waals surface area contributed by atoms with Gasteiger partial charge in [0, 0.05) is 125 Å². The van der Waals surface area contributed by atoms with Crippen molar-refractivity contribution in [3.63, 3.8) is 0 Å². The molecule has 4 heterocycles. The van der Waals surface area contributed by atoms with E-state index in [1.807, 2.05) is 128 Å². The number of fused-ring (bicyclic) bond motifs is 4. The summed E-state index contributed by atoms with van der Waals surface area (Å²) in [5.74, 6) is -1.72. The number of carbonyl (C=O) groups is 8. The number of ether oxygens (including phenoxy) is 3. The number of methoxy groups -OCH3 is 2. The summed E-state index contributed by atoms with van der Waals surface area (Å²) in [5.41, 5.74) is 4.02. The van der Waals surface area contributed by atoms with Gasteiger partial charge in [0.2, 0.25) is 0 Å². The Kier molecular flexibility index (Phi) is 17.0. The number of rotatable bonds is 18. The van der Waals surface area contributed by atoms with Crippen LogP contribution in [0, 0.1) is 0 Å². The van der Waals surface area contributed by atoms with E-state index in [0.717, 1.165) is 69.1 Å². The van der Waals surface area contributed by atoms with Gasteiger partial charge in [0.25, 0.3) is 47.3 Å². The van der Waals surface area contributed by atoms with Crippen molar-refractivity contribution in [1.29, 1.82) is 0 Å². The van der Waals surface area contributed by atoms with Gasteiger partial charge in [-0.1, -0.05) is 108 Å². The first-order valence-corrected chi connectivity index (χ1v) is 32.7. The maximum atomic E-state index is 14.1. The van der Waals surface area contributed by atoms with Crippen LogP contribution in [-0.2, 0) is 9.47 Å². The first-order valence-electron chi connectivity index (χ1n) is 31.9. The minimum absolute atomic E-state index is 0.122. The van der Waals surface area contributed by atoms with Crippen molar-refractivity contribution in [1.82, 2.24) is 19.6 Å². The lowest BCUT2D eigenvalue weighted by Crippen LogP contribution is -2.46. The SMILES string of the molecule is CCC(CC)N1C(=O)c2ccc3c4ccc5c6c(cc(Br)c(c7ccc(c2c37)C1=O)c64)C(=O)N(C(CC)CC)C5=O.CCC(CC)N1C(=O)c2ccc3c4ccc5c6c(cc(OCCOC)c(c7ccc(c2c37)C1=O)c64)C(=O)N(C(CC)CC)C5=O.COCCO. The van der Waals surface area contributed by atoms with Gasteiger partial charge in [-0.25, -0.2) is 0 Å². The molecule has 4 aliphatic rings. The first kappa shape index (κ1) is 62.7. The molecule has 0 unspecified atom stereocenters. The lowest BCUT2D eigenvalue weighted by molar-refractivity contribution is 0.0514. The third-order valence-electron chi connectivity index (χ3n) is 19.6. The Bertz CT molecular complexity index is 4680. The van der Waals surface area contributed by atoms with Gasteiger partial charge in [-0.15, -0.1) is 0 Å². The summed E-state index contributed by atoms with van der Waals surface area (Å²) in [6.45, 7) is 17.1. The van der Waals surface area contributed by atoms with Crippen molar-refractivity contribution in [3.8, 4) is 5.75 Å². The van der Waals surface area contributed by atoms with E-state index >= 15 is 0 Å². The van der Waals surface area contributed by atoms with Crippen LogP contribution in [0.25, 0.3) is 86.2 Å². The van der Waals surface area contributed by atoms with Crippen LogP contribution < -0.4 is 4.74 Å². The summed E-state index contributed by atoms with van der Waals surface area (Å²) in [5, 5.41) is 20.6. The molecule has 0 bridgehead atoms. The van der Waals surface area contributed by atoms with Crippen molar-refractivity contribution < 1.29 is 57.7 Å². The number of aliphatic hydroxyl groups excluding tert-OH is 1. The van der Waals surface area contributed by atoms with E-state index in [9.17, 15) is 38.4 Å². The highest BCUT2D eigenvalue weighted by Gasteiger charge is 2.43. The molecule has 0 atom stereocenters. The van der Waals surface area contributed by atoms with Crippen LogP contribution in [-0.4, -0.2) is 137 Å². The molecule has 16 nitrogen and oxygen atoms in total. The van der Waals surface area contributed by atoms with Crippen molar-refractivity contribution in [2.75, 3.05) is 40.6 Å². The molecule has 0 saturated carbocycles. The number of imide groups is 4. The number of hydrogen-bond donors (Lipinski definition) is 1. The Balaban J connectivity index is 0.000000164. The van der Waals surface area contributed by atoms with E-state index in [1.165, 1.54) is 19.6 Å². The molecule has 1 N–H and O–H groups in total. The van der Waals surface area contributed by atoms with Crippen molar-refractivity contribution >= 4 is 149 Å². The van der Waals surface area contributed by atoms with Gasteiger partial charge in [-0.2, -0.15) is 0 Å². The summed E-state index contributed by atoms with van der Waals surface area (Å²) in [6, 6.07) is 25.4. The van der Waals surface area contributed by atoms with Gasteiger partial charge in [-0.05, 0) is 143 Å². The van der Waals surface area contributed by atoms with Gasteiger partial charge in [0.15, 0.2) is 0 Å². The molecule has 14 rings (SSSR count). The van der Waals surface area contributed by atoms with Crippen LogP contribution in [0.15, 0.2) is 89.4 Å². The van der Waals surface area contributed by atoms with Crippen LogP contribution in [0.4, 0.5) is 0 Å². The van der Waals surface area contributed by atoms with E-state index in [-0.39, 0.29) is 84.6 Å². The van der Waals surface area contributed by atoms with E-state index in [1.54, 1.807) is 26.4 Å². The molecule has 8 amide bonds. The molecular formula is C74H73BrN4O12. The Morgan fingerprint density at radius 2 is 0.604 bits per heavy atom. The maximum Gasteiger partial charge on any atom is 0.261 e. The van der Waals surface area contributed by atoms with Crippen LogP contribution in [0.5, 0.6) is 5.75 Å². The van der Waals surface area contributed by atoms with Crippen LogP contribution in [0.3, 0.4) is 0 Å². The molecule has 0 aromatic heterocycles. The number of amides is 8. The second kappa shape index (κ2) is 24.6. The highest BCUT2D eigenvalue weighted by atomic mass is 79.9. The summed E-state index contributed by atoms with van der Waals surface area (Å²) in [6.07, 6.45) is 5.45. The number of aliphatic hydroxyl groups is 1. The lowest BCUT2D eigenvalue weighted by atomic mass is 9.81. The second-order valence-electron chi connectivity index (χ2n) is 23.9. The first-order chi connectivity index (χ1) is 44.0. The number of halogens is 1. The van der Waals surface area contributed by atoms with Crippen molar-refractivity contribution in [2.24, 2.45) is 0 Å². The summed E-state index contributed by atoms with van der Waals surface area (Å²) in [7, 11) is 3.15. The van der Waals surface area contributed by atoms with Crippen LogP contribution in [0.1, 0.15) is 190 Å². The Morgan fingerprint density at radius 3 is 0.912 bits per heavy atom. The fraction of sp³-hybridized carbons (Fsp3) is 0.351. The van der Waals surface area contributed by atoms with Gasteiger partial charge in [0.05, 0.1) is 25.4 Å². The molecule has 17 heteroatoms. The second-order valence-corrected chi connectivity index (χ2v) is 24.8. The predicted molar refractivity (Wildman–Crippen MR) is 359 cm³/mol. The van der Waals surface area contributed by atoms with E-state index in [2.05, 4.69) is 20.7 Å². The quantitative estimate of drug-likeness (QED) is 0.0370. The molecule has 0 fully saturated rings. The molecular weight excluding hydrogens is 1220 g/mol. The van der Waals surface area contributed by atoms with E-state index in [4.69, 9.17) is 14.6 Å². The van der Waals surface area contributed by atoms with Gasteiger partial charge < -0.3 is 19.3 Å². The highest BCUT2D eigenvalue weighted by molar-refractivity contribution is 9.10. The summed E-state index contributed by atoms with van der Waals surface area (Å²) < 4.78 is 16.8. The number of nitrogens with zero attached hydrogens (tertiary/aromatic N) is 4. The lowest BCUT2D eigenvalue weighted by Gasteiger charge is -2.35. The Morgan fingerprint density at radius 1 is 0.330 bits per heavy atom. The molecule has 91 heavy (non-hydrogen) atoms. The third-order valence-corrected chi connectivity index (χ3v) is 20.2. The van der Waals surface area contributed by atoms with Gasteiger partial charge in [0.1, 0.15) is 12.4 Å². The van der Waals surface area contributed by atoms with Gasteiger partial charge in [-0.3, -0.25) is 58.0 Å². The highest BCUT2D eigenvalue weighted by Crippen LogP contribution is 2.52. The Hall–Kier alpha value is -8.48. The molecule has 10 aromatic rings. The molecule has 10 aromatic carbocycles. The fourth-order valence-electron chi connectivity index (χ4n) is 15.1. The molecule has 4 aliphatic heterocycles. The van der Waals surface area contributed by atoms with Crippen LogP contribution >= 0.6 is 15.9 Å². The molecule has 0 saturated heterocycles. The Labute approximate surface area is 535 Å². The summed E-state index contributed by atoms with van der Waals surface area (Å²) in [4.78, 5) is 117. The molecule has 468 valence electrons. The molecule has 0 spiro atoms. The number of carbonyl (C=O) groups excluding carboxylic acids is 8. The third kappa shape index (κ3) is 9.21. The van der Waals surface area contributed by atoms with Crippen LogP contribution in [0.2, 0.25) is 0 Å². The predicted octanol–water partition coefficient (Wildman–Crippen LogP) is 15.0. The standard InChI is InChI=1S/C37H36N2O6.C34H29BrN2O4.C3H8O2/c1-6-19(7-2)38-34(40)24-13-10-21-22-11-14-26-31-27(37(43)39(36(26)42)20(8-3)9-4)18-28(45-17-16-44-5)32(33(22)31)23-12-15-25(35(38)41)30(24)29(21)23;1-5-16(6-2)36-31(38)21-12-9-18-19-10-13-23-28-24(34(41)37(33(23)40)17(7-3)8-4)15-25(35)29(30(19)28)20-11-14-22(32(36)39)27(21)26(18)20;1-5-3-2-4/h10-15,18-20H,6-9,16-17H2,1-5H3;9-17H,5-8H2,1-4H3;4H,2-3H2,1H3. The maximum absolute atomic E-state index is 14.1. The summed E-state index contributed by atoms with van der Waals surface area (Å²) >= 11 is 3.78.